The Morgan fingerprint density at radius 2 is 2.21 bits per heavy atom. The molecule has 106 valence electrons. The van der Waals surface area contributed by atoms with Gasteiger partial charge in [-0.25, -0.2) is 12.7 Å². The number of carbonyl (C=O) groups is 1. The van der Waals surface area contributed by atoms with Gasteiger partial charge in [0.05, 0.1) is 12.9 Å². The standard InChI is InChI=1S/C12H18N2O4S/c1-14(10-11-5-3-7-13-9-11)19(16,17)8-4-6-12(15)18-2/h3,5,7,9H,4,6,8,10H2,1-2H3. The Kier molecular flexibility index (Phi) is 5.91. The molecule has 0 amide bonds. The van der Waals surface area contributed by atoms with Crippen molar-refractivity contribution in [1.29, 1.82) is 0 Å². The fourth-order valence-corrected chi connectivity index (χ4v) is 2.67. The highest BCUT2D eigenvalue weighted by molar-refractivity contribution is 7.89. The molecule has 1 heterocycles. The first-order valence-corrected chi connectivity index (χ1v) is 7.46. The Morgan fingerprint density at radius 3 is 2.79 bits per heavy atom. The van der Waals surface area contributed by atoms with Crippen LogP contribution in [-0.4, -0.2) is 43.6 Å². The molecule has 0 aromatic carbocycles. The van der Waals surface area contributed by atoms with E-state index in [1.165, 1.54) is 18.5 Å². The van der Waals surface area contributed by atoms with Gasteiger partial charge < -0.3 is 4.74 Å². The van der Waals surface area contributed by atoms with Gasteiger partial charge in [0.25, 0.3) is 0 Å². The average molecular weight is 286 g/mol. The molecule has 0 saturated carbocycles. The number of pyridine rings is 1. The molecule has 0 radical (unpaired) electrons. The Morgan fingerprint density at radius 1 is 1.47 bits per heavy atom. The van der Waals surface area contributed by atoms with Crippen LogP contribution in [-0.2, 0) is 26.1 Å². The first kappa shape index (κ1) is 15.6. The molecular weight excluding hydrogens is 268 g/mol. The lowest BCUT2D eigenvalue weighted by Gasteiger charge is -2.16. The van der Waals surface area contributed by atoms with Gasteiger partial charge in [-0.05, 0) is 18.1 Å². The van der Waals surface area contributed by atoms with Gasteiger partial charge in [-0.2, -0.15) is 0 Å². The molecule has 0 aliphatic carbocycles. The molecule has 0 spiro atoms. The predicted octanol–water partition coefficient (Wildman–Crippen LogP) is 0.796. The summed E-state index contributed by atoms with van der Waals surface area (Å²) in [6.45, 7) is 0.272. The van der Waals surface area contributed by atoms with Crippen molar-refractivity contribution in [3.8, 4) is 0 Å². The van der Waals surface area contributed by atoms with E-state index in [0.717, 1.165) is 5.56 Å². The maximum absolute atomic E-state index is 12.0. The molecular formula is C12H18N2O4S. The van der Waals surface area contributed by atoms with Crippen molar-refractivity contribution in [2.45, 2.75) is 19.4 Å². The summed E-state index contributed by atoms with van der Waals surface area (Å²) in [6, 6.07) is 3.57. The molecule has 0 bridgehead atoms. The van der Waals surface area contributed by atoms with Crippen LogP contribution in [0.2, 0.25) is 0 Å². The van der Waals surface area contributed by atoms with Crippen molar-refractivity contribution in [1.82, 2.24) is 9.29 Å². The maximum atomic E-state index is 12.0. The van der Waals surface area contributed by atoms with E-state index in [0.29, 0.717) is 0 Å². The second kappa shape index (κ2) is 7.20. The van der Waals surface area contributed by atoms with E-state index >= 15 is 0 Å². The fraction of sp³-hybridized carbons (Fsp3) is 0.500. The Bertz CT molecular complexity index is 502. The molecule has 6 nitrogen and oxygen atoms in total. The highest BCUT2D eigenvalue weighted by Gasteiger charge is 2.18. The second-order valence-electron chi connectivity index (χ2n) is 4.11. The van der Waals surface area contributed by atoms with Gasteiger partial charge in [-0.3, -0.25) is 9.78 Å². The maximum Gasteiger partial charge on any atom is 0.305 e. The number of methoxy groups -OCH3 is 1. The zero-order chi connectivity index (χ0) is 14.3. The summed E-state index contributed by atoms with van der Waals surface area (Å²) in [5.41, 5.74) is 0.821. The van der Waals surface area contributed by atoms with E-state index in [-0.39, 0.29) is 25.1 Å². The highest BCUT2D eigenvalue weighted by atomic mass is 32.2. The van der Waals surface area contributed by atoms with Crippen LogP contribution in [0.4, 0.5) is 0 Å². The van der Waals surface area contributed by atoms with E-state index in [9.17, 15) is 13.2 Å². The van der Waals surface area contributed by atoms with Crippen molar-refractivity contribution in [2.24, 2.45) is 0 Å². The minimum atomic E-state index is -3.36. The normalized spacial score (nSPS) is 11.5. The van der Waals surface area contributed by atoms with Gasteiger partial charge in [0, 0.05) is 32.4 Å². The molecule has 0 saturated heterocycles. The van der Waals surface area contributed by atoms with Gasteiger partial charge in [0.2, 0.25) is 10.0 Å². The van der Waals surface area contributed by atoms with E-state index in [4.69, 9.17) is 0 Å². The molecule has 1 aromatic heterocycles. The minimum absolute atomic E-state index is 0.0706. The lowest BCUT2D eigenvalue weighted by molar-refractivity contribution is -0.140. The van der Waals surface area contributed by atoms with Crippen LogP contribution in [0.1, 0.15) is 18.4 Å². The first-order valence-electron chi connectivity index (χ1n) is 5.85. The topological polar surface area (TPSA) is 76.6 Å². The lowest BCUT2D eigenvalue weighted by Crippen LogP contribution is -2.29. The zero-order valence-corrected chi connectivity index (χ0v) is 11.9. The van der Waals surface area contributed by atoms with E-state index < -0.39 is 16.0 Å². The van der Waals surface area contributed by atoms with Gasteiger partial charge in [-0.1, -0.05) is 6.07 Å². The summed E-state index contributed by atoms with van der Waals surface area (Å²) in [7, 11) is -0.567. The van der Waals surface area contributed by atoms with Crippen molar-refractivity contribution in [2.75, 3.05) is 19.9 Å². The number of esters is 1. The van der Waals surface area contributed by atoms with Gasteiger partial charge >= 0.3 is 5.97 Å². The second-order valence-corrected chi connectivity index (χ2v) is 6.31. The molecule has 0 fully saturated rings. The third-order valence-electron chi connectivity index (χ3n) is 2.61. The van der Waals surface area contributed by atoms with Crippen molar-refractivity contribution in [3.63, 3.8) is 0 Å². The van der Waals surface area contributed by atoms with E-state index in [2.05, 4.69) is 9.72 Å². The third kappa shape index (κ3) is 5.35. The number of nitrogens with zero attached hydrogens (tertiary/aromatic N) is 2. The number of aromatic nitrogens is 1. The number of carbonyl (C=O) groups excluding carboxylic acids is 1. The van der Waals surface area contributed by atoms with Crippen LogP contribution in [0.3, 0.4) is 0 Å². The monoisotopic (exact) mass is 286 g/mol. The molecule has 0 N–H and O–H groups in total. The lowest BCUT2D eigenvalue weighted by atomic mass is 10.3. The molecule has 1 aromatic rings. The van der Waals surface area contributed by atoms with Gasteiger partial charge in [0.1, 0.15) is 0 Å². The van der Waals surface area contributed by atoms with Crippen LogP contribution in [0, 0.1) is 0 Å². The summed E-state index contributed by atoms with van der Waals surface area (Å²) < 4.78 is 29.6. The van der Waals surface area contributed by atoms with Crippen LogP contribution in [0.15, 0.2) is 24.5 Å². The molecule has 0 aliphatic rings. The van der Waals surface area contributed by atoms with Crippen molar-refractivity contribution >= 4 is 16.0 Å². The van der Waals surface area contributed by atoms with Crippen LogP contribution in [0.5, 0.6) is 0 Å². The average Bonchev–Trinajstić information content (AvgIpc) is 2.39. The summed E-state index contributed by atoms with van der Waals surface area (Å²) in [5, 5.41) is 0. The van der Waals surface area contributed by atoms with Gasteiger partial charge in [-0.15, -0.1) is 0 Å². The number of sulfonamides is 1. The van der Waals surface area contributed by atoms with Crippen molar-refractivity contribution < 1.29 is 17.9 Å². The summed E-state index contributed by atoms with van der Waals surface area (Å²) in [6.07, 6.45) is 3.62. The first-order chi connectivity index (χ1) is 8.95. The van der Waals surface area contributed by atoms with Crippen molar-refractivity contribution in [3.05, 3.63) is 30.1 Å². The van der Waals surface area contributed by atoms with Crippen LogP contribution in [0.25, 0.3) is 0 Å². The predicted molar refractivity (Wildman–Crippen MR) is 70.7 cm³/mol. The van der Waals surface area contributed by atoms with E-state index in [1.807, 2.05) is 6.07 Å². The molecule has 7 heteroatoms. The Hall–Kier alpha value is -1.47. The van der Waals surface area contributed by atoms with Crippen LogP contribution >= 0.6 is 0 Å². The summed E-state index contributed by atoms with van der Waals surface area (Å²) in [5.74, 6) is -0.469. The Labute approximate surface area is 113 Å². The zero-order valence-electron chi connectivity index (χ0n) is 11.1. The smallest absolute Gasteiger partial charge is 0.305 e. The van der Waals surface area contributed by atoms with Gasteiger partial charge in [0.15, 0.2) is 0 Å². The quantitative estimate of drug-likeness (QED) is 0.693. The molecule has 19 heavy (non-hydrogen) atoms. The van der Waals surface area contributed by atoms with Crippen LogP contribution < -0.4 is 0 Å². The third-order valence-corrected chi connectivity index (χ3v) is 4.50. The number of rotatable bonds is 7. The minimum Gasteiger partial charge on any atom is -0.469 e. The molecule has 1 rings (SSSR count). The Balaban J connectivity index is 2.50. The number of hydrogen-bond acceptors (Lipinski definition) is 5. The molecule has 0 unspecified atom stereocenters. The summed E-state index contributed by atoms with van der Waals surface area (Å²) >= 11 is 0. The number of hydrogen-bond donors (Lipinski definition) is 0. The summed E-state index contributed by atoms with van der Waals surface area (Å²) in [4.78, 5) is 14.9. The largest absolute Gasteiger partial charge is 0.469 e. The number of ether oxygens (including phenoxy) is 1. The fourth-order valence-electron chi connectivity index (χ4n) is 1.50. The van der Waals surface area contributed by atoms with E-state index in [1.54, 1.807) is 18.5 Å². The molecule has 0 aliphatic heterocycles. The highest BCUT2D eigenvalue weighted by Crippen LogP contribution is 2.08. The molecule has 0 atom stereocenters. The SMILES string of the molecule is COC(=O)CCCS(=O)(=O)N(C)Cc1cccnc1.